The van der Waals surface area contributed by atoms with Gasteiger partial charge in [0.15, 0.2) is 0 Å². The van der Waals surface area contributed by atoms with Crippen molar-refractivity contribution in [3.05, 3.63) is 66.2 Å². The van der Waals surface area contributed by atoms with Gasteiger partial charge >= 0.3 is 0 Å². The molecular weight excluding hydrogens is 370 g/mol. The predicted molar refractivity (Wildman–Crippen MR) is 126 cm³/mol. The number of aromatic hydroxyl groups is 1. The summed E-state index contributed by atoms with van der Waals surface area (Å²) in [7, 11) is 0. The highest BCUT2D eigenvalue weighted by molar-refractivity contribution is 5.95. The number of hydrogen-bond acceptors (Lipinski definition) is 3. The fourth-order valence-electron chi connectivity index (χ4n) is 4.43. The Labute approximate surface area is 180 Å². The third kappa shape index (κ3) is 5.08. The van der Waals surface area contributed by atoms with Crippen molar-refractivity contribution in [2.75, 3.05) is 18.0 Å². The van der Waals surface area contributed by atoms with Gasteiger partial charge in [-0.1, -0.05) is 50.5 Å². The van der Waals surface area contributed by atoms with Crippen LogP contribution in [0.15, 0.2) is 60.7 Å². The fraction of sp³-hybridized carbons (Fsp3) is 0.407. The normalized spacial score (nSPS) is 14.9. The molecule has 1 saturated heterocycles. The molecule has 3 heteroatoms. The third-order valence-corrected chi connectivity index (χ3v) is 6.17. The molecule has 0 aliphatic carbocycles. The summed E-state index contributed by atoms with van der Waals surface area (Å²) in [6, 6.07) is 20.7. The second kappa shape index (κ2) is 9.88. The number of hydrogen-bond donors (Lipinski definition) is 1. The summed E-state index contributed by atoms with van der Waals surface area (Å²) in [5, 5.41) is 12.0. The molecule has 1 aliphatic rings. The average molecular weight is 404 g/mol. The van der Waals surface area contributed by atoms with E-state index in [9.17, 15) is 5.11 Å². The highest BCUT2D eigenvalue weighted by Gasteiger charge is 2.22. The van der Waals surface area contributed by atoms with E-state index in [1.807, 2.05) is 12.1 Å². The molecule has 0 bridgehead atoms. The van der Waals surface area contributed by atoms with Crippen LogP contribution in [0.5, 0.6) is 11.5 Å². The SMILES string of the molecule is CCCCCCc1ccc(OC2CCN(c3cccc4cc(O)ccc34)CC2)cc1. The molecule has 4 rings (SSSR count). The highest BCUT2D eigenvalue weighted by Crippen LogP contribution is 2.31. The number of anilines is 1. The number of phenolic OH excluding ortho intramolecular Hbond substituents is 1. The van der Waals surface area contributed by atoms with Gasteiger partial charge in [-0.05, 0) is 60.2 Å². The Balaban J connectivity index is 1.31. The van der Waals surface area contributed by atoms with E-state index < -0.39 is 0 Å². The van der Waals surface area contributed by atoms with Crippen LogP contribution in [0.3, 0.4) is 0 Å². The van der Waals surface area contributed by atoms with Gasteiger partial charge in [-0.2, -0.15) is 0 Å². The Morgan fingerprint density at radius 1 is 0.933 bits per heavy atom. The maximum absolute atomic E-state index is 9.76. The first-order valence-corrected chi connectivity index (χ1v) is 11.5. The summed E-state index contributed by atoms with van der Waals surface area (Å²) in [4.78, 5) is 2.44. The molecule has 1 heterocycles. The lowest BCUT2D eigenvalue weighted by atomic mass is 10.0. The fourth-order valence-corrected chi connectivity index (χ4v) is 4.43. The van der Waals surface area contributed by atoms with Crippen LogP contribution in [0, 0.1) is 0 Å². The van der Waals surface area contributed by atoms with Crippen LogP contribution >= 0.6 is 0 Å². The summed E-state index contributed by atoms with van der Waals surface area (Å²) in [6.07, 6.45) is 8.71. The molecule has 3 aromatic carbocycles. The lowest BCUT2D eigenvalue weighted by molar-refractivity contribution is 0.171. The van der Waals surface area contributed by atoms with E-state index in [-0.39, 0.29) is 6.10 Å². The van der Waals surface area contributed by atoms with E-state index in [0.29, 0.717) is 5.75 Å². The lowest BCUT2D eigenvalue weighted by Crippen LogP contribution is -2.38. The zero-order chi connectivity index (χ0) is 20.8. The highest BCUT2D eigenvalue weighted by atomic mass is 16.5. The summed E-state index contributed by atoms with van der Waals surface area (Å²) >= 11 is 0. The zero-order valence-electron chi connectivity index (χ0n) is 18.0. The van der Waals surface area contributed by atoms with E-state index in [0.717, 1.165) is 37.1 Å². The minimum absolute atomic E-state index is 0.274. The lowest BCUT2D eigenvalue weighted by Gasteiger charge is -2.34. The van der Waals surface area contributed by atoms with Gasteiger partial charge in [0, 0.05) is 37.0 Å². The Morgan fingerprint density at radius 2 is 1.73 bits per heavy atom. The molecule has 0 unspecified atom stereocenters. The smallest absolute Gasteiger partial charge is 0.119 e. The van der Waals surface area contributed by atoms with Crippen molar-refractivity contribution >= 4 is 16.5 Å². The summed E-state index contributed by atoms with van der Waals surface area (Å²) in [5.74, 6) is 1.31. The summed E-state index contributed by atoms with van der Waals surface area (Å²) < 4.78 is 6.28. The second-order valence-electron chi connectivity index (χ2n) is 8.44. The molecule has 1 aliphatic heterocycles. The number of ether oxygens (including phenoxy) is 1. The molecule has 158 valence electrons. The quantitative estimate of drug-likeness (QED) is 0.424. The number of rotatable bonds is 8. The van der Waals surface area contributed by atoms with E-state index in [1.54, 1.807) is 6.07 Å². The van der Waals surface area contributed by atoms with E-state index in [4.69, 9.17) is 4.74 Å². The second-order valence-corrected chi connectivity index (χ2v) is 8.44. The van der Waals surface area contributed by atoms with E-state index >= 15 is 0 Å². The Kier molecular flexibility index (Phi) is 6.78. The van der Waals surface area contributed by atoms with Gasteiger partial charge in [-0.25, -0.2) is 0 Å². The van der Waals surface area contributed by atoms with Crippen LogP contribution < -0.4 is 9.64 Å². The molecule has 1 fully saturated rings. The van der Waals surface area contributed by atoms with Crippen LogP contribution in [-0.4, -0.2) is 24.3 Å². The molecule has 0 radical (unpaired) electrons. The number of fused-ring (bicyclic) bond motifs is 1. The summed E-state index contributed by atoms with van der Waals surface area (Å²) in [5.41, 5.74) is 2.66. The summed E-state index contributed by atoms with van der Waals surface area (Å²) in [6.45, 7) is 4.23. The standard InChI is InChI=1S/C27H33NO2/c1-2-3-4-5-7-21-10-13-24(14-11-21)30-25-16-18-28(19-17-25)27-9-6-8-22-20-23(29)12-15-26(22)27/h6,8-15,20,25,29H,2-5,7,16-19H2,1H3. The molecule has 0 atom stereocenters. The zero-order valence-corrected chi connectivity index (χ0v) is 18.0. The van der Waals surface area contributed by atoms with Gasteiger partial charge in [0.25, 0.3) is 0 Å². The van der Waals surface area contributed by atoms with Gasteiger partial charge in [0.2, 0.25) is 0 Å². The van der Waals surface area contributed by atoms with Crippen molar-refractivity contribution < 1.29 is 9.84 Å². The Bertz CT molecular complexity index is 943. The van der Waals surface area contributed by atoms with Crippen LogP contribution in [0.4, 0.5) is 5.69 Å². The molecule has 0 amide bonds. The minimum atomic E-state index is 0.274. The maximum atomic E-state index is 9.76. The third-order valence-electron chi connectivity index (χ3n) is 6.17. The molecular formula is C27H33NO2. The number of phenols is 1. The van der Waals surface area contributed by atoms with Crippen LogP contribution in [0.25, 0.3) is 10.8 Å². The monoisotopic (exact) mass is 403 g/mol. The van der Waals surface area contributed by atoms with Gasteiger partial charge in [0.1, 0.15) is 17.6 Å². The number of piperidine rings is 1. The first-order valence-electron chi connectivity index (χ1n) is 11.5. The van der Waals surface area contributed by atoms with Gasteiger partial charge in [0.05, 0.1) is 0 Å². The average Bonchev–Trinajstić information content (AvgIpc) is 2.78. The van der Waals surface area contributed by atoms with Crippen molar-refractivity contribution in [1.29, 1.82) is 0 Å². The number of unbranched alkanes of at least 4 members (excludes halogenated alkanes) is 3. The van der Waals surface area contributed by atoms with Crippen molar-refractivity contribution in [3.8, 4) is 11.5 Å². The van der Waals surface area contributed by atoms with Crippen molar-refractivity contribution in [1.82, 2.24) is 0 Å². The van der Waals surface area contributed by atoms with E-state index in [1.165, 1.54) is 48.7 Å². The van der Waals surface area contributed by atoms with Crippen LogP contribution in [-0.2, 0) is 6.42 Å². The number of aryl methyl sites for hydroxylation is 1. The van der Waals surface area contributed by atoms with Crippen LogP contribution in [0.2, 0.25) is 0 Å². The minimum Gasteiger partial charge on any atom is -0.508 e. The van der Waals surface area contributed by atoms with Gasteiger partial charge in [-0.15, -0.1) is 0 Å². The Morgan fingerprint density at radius 3 is 2.50 bits per heavy atom. The van der Waals surface area contributed by atoms with E-state index in [2.05, 4.69) is 54.3 Å². The topological polar surface area (TPSA) is 32.7 Å². The number of benzene rings is 3. The molecule has 3 aromatic rings. The molecule has 0 spiro atoms. The first kappa shape index (κ1) is 20.6. The van der Waals surface area contributed by atoms with Gasteiger partial charge in [-0.3, -0.25) is 0 Å². The molecule has 1 N–H and O–H groups in total. The van der Waals surface area contributed by atoms with Gasteiger partial charge < -0.3 is 14.7 Å². The molecule has 3 nitrogen and oxygen atoms in total. The van der Waals surface area contributed by atoms with Crippen molar-refractivity contribution in [2.24, 2.45) is 0 Å². The maximum Gasteiger partial charge on any atom is 0.119 e. The molecule has 0 saturated carbocycles. The van der Waals surface area contributed by atoms with Crippen molar-refractivity contribution in [2.45, 2.75) is 58.0 Å². The van der Waals surface area contributed by atoms with Crippen LogP contribution in [0.1, 0.15) is 51.0 Å². The Hall–Kier alpha value is -2.68. The predicted octanol–water partition coefficient (Wildman–Crippen LogP) is 6.72. The first-order chi connectivity index (χ1) is 14.7. The molecule has 0 aromatic heterocycles. The van der Waals surface area contributed by atoms with Crippen molar-refractivity contribution in [3.63, 3.8) is 0 Å². The molecule has 30 heavy (non-hydrogen) atoms. The largest absolute Gasteiger partial charge is 0.508 e. The number of nitrogens with zero attached hydrogens (tertiary/aromatic N) is 1.